The van der Waals surface area contributed by atoms with Crippen LogP contribution in [-0.4, -0.2) is 41.6 Å². The van der Waals surface area contributed by atoms with E-state index in [4.69, 9.17) is 23.8 Å². The summed E-state index contributed by atoms with van der Waals surface area (Å²) in [7, 11) is 1.62. The minimum Gasteiger partial charge on any atom is -0.493 e. The Kier molecular flexibility index (Phi) is 5.65. The number of hydrogen-bond acceptors (Lipinski definition) is 8. The summed E-state index contributed by atoms with van der Waals surface area (Å²) >= 11 is 0. The van der Waals surface area contributed by atoms with Crippen molar-refractivity contribution in [3.05, 3.63) is 66.4 Å². The van der Waals surface area contributed by atoms with Gasteiger partial charge in [-0.1, -0.05) is 17.0 Å². The van der Waals surface area contributed by atoms with E-state index in [0.717, 1.165) is 51.3 Å². The van der Waals surface area contributed by atoms with Crippen LogP contribution in [0.25, 0.3) is 33.1 Å². The molecule has 7 rings (SSSR count). The van der Waals surface area contributed by atoms with Gasteiger partial charge >= 0.3 is 5.97 Å². The Morgan fingerprint density at radius 3 is 2.87 bits per heavy atom. The number of ether oxygens (including phenoxy) is 4. The fraction of sp³-hybridized carbons (Fsp3) is 0.241. The highest BCUT2D eigenvalue weighted by atomic mass is 16.7. The van der Waals surface area contributed by atoms with Gasteiger partial charge < -0.3 is 23.8 Å². The Morgan fingerprint density at radius 1 is 1.10 bits per heavy atom. The van der Waals surface area contributed by atoms with Crippen LogP contribution in [0.3, 0.4) is 0 Å². The topological polar surface area (TPSA) is 97.8 Å². The van der Waals surface area contributed by atoms with E-state index in [9.17, 15) is 4.79 Å². The molecule has 0 N–H and O–H groups in total. The van der Waals surface area contributed by atoms with Gasteiger partial charge in [0.2, 0.25) is 12.5 Å². The number of nitrogens with zero attached hydrogens (tertiary/aromatic N) is 4. The van der Waals surface area contributed by atoms with Crippen molar-refractivity contribution >= 4 is 27.8 Å². The molecule has 4 heterocycles. The summed E-state index contributed by atoms with van der Waals surface area (Å²) in [4.78, 5) is 18.9. The third kappa shape index (κ3) is 4.14. The third-order valence-corrected chi connectivity index (χ3v) is 7.08. The smallest absolute Gasteiger partial charge is 0.335 e. The molecule has 10 nitrogen and oxygen atoms in total. The van der Waals surface area contributed by atoms with Crippen LogP contribution in [0, 0.1) is 0 Å². The molecule has 0 saturated heterocycles. The zero-order chi connectivity index (χ0) is 26.3. The van der Waals surface area contributed by atoms with Gasteiger partial charge in [0.1, 0.15) is 11.0 Å². The first-order chi connectivity index (χ1) is 19.2. The summed E-state index contributed by atoms with van der Waals surface area (Å²) in [5, 5.41) is 9.86. The van der Waals surface area contributed by atoms with Crippen molar-refractivity contribution in [1.82, 2.24) is 15.2 Å². The van der Waals surface area contributed by atoms with Gasteiger partial charge in [0.25, 0.3) is 0 Å². The lowest BCUT2D eigenvalue weighted by Crippen LogP contribution is -2.40. The summed E-state index contributed by atoms with van der Waals surface area (Å²) < 4.78 is 25.3. The van der Waals surface area contributed by atoms with Crippen molar-refractivity contribution in [2.75, 3.05) is 20.5 Å². The van der Waals surface area contributed by atoms with E-state index in [1.807, 2.05) is 30.3 Å². The minimum atomic E-state index is -0.414. The van der Waals surface area contributed by atoms with E-state index in [-0.39, 0.29) is 13.2 Å². The van der Waals surface area contributed by atoms with E-state index in [1.165, 1.54) is 5.56 Å². The van der Waals surface area contributed by atoms with Crippen LogP contribution in [0.4, 0.5) is 0 Å². The molecule has 10 heteroatoms. The van der Waals surface area contributed by atoms with Crippen LogP contribution >= 0.6 is 0 Å². The Labute approximate surface area is 223 Å². The van der Waals surface area contributed by atoms with Gasteiger partial charge in [-0.3, -0.25) is 0 Å². The molecule has 2 aromatic heterocycles. The molecular formula is C29H25N4O6+. The number of pyridine rings is 1. The fourth-order valence-electron chi connectivity index (χ4n) is 5.15. The SMILES string of the molecule is COc1ccc2cc3[n+](cc2c1OCCCC(=O)On1nnc2ccccc21)CCc1cc2c(cc1-3)OCO2. The number of aryl methyl sites for hydroxylation is 2. The number of benzene rings is 3. The quantitative estimate of drug-likeness (QED) is 0.181. The summed E-state index contributed by atoms with van der Waals surface area (Å²) in [6, 6.07) is 17.5. The second kappa shape index (κ2) is 9.46. The molecule has 0 fully saturated rings. The maximum Gasteiger partial charge on any atom is 0.335 e. The van der Waals surface area contributed by atoms with Crippen molar-refractivity contribution in [2.24, 2.45) is 0 Å². The predicted octanol–water partition coefficient (Wildman–Crippen LogP) is 3.65. The van der Waals surface area contributed by atoms with Crippen LogP contribution in [0.15, 0.2) is 60.8 Å². The zero-order valence-corrected chi connectivity index (χ0v) is 21.3. The summed E-state index contributed by atoms with van der Waals surface area (Å²) in [5.41, 5.74) is 4.79. The average Bonchev–Trinajstić information content (AvgIpc) is 3.59. The number of aromatic nitrogens is 4. The Bertz CT molecular complexity index is 1750. The number of carbonyl (C=O) groups is 1. The normalized spacial score (nSPS) is 13.3. The highest BCUT2D eigenvalue weighted by Gasteiger charge is 2.28. The molecule has 3 aromatic carbocycles. The number of fused-ring (bicyclic) bond motifs is 6. The van der Waals surface area contributed by atoms with Crippen LogP contribution < -0.4 is 28.4 Å². The Hall–Kier alpha value is -4.86. The molecule has 0 aliphatic carbocycles. The highest BCUT2D eigenvalue weighted by molar-refractivity contribution is 5.91. The molecule has 0 saturated carbocycles. The van der Waals surface area contributed by atoms with Gasteiger partial charge in [0, 0.05) is 12.5 Å². The standard InChI is InChI=1S/C29H25N4O6/c1-35-25-9-8-18-13-24-20-15-27-26(37-17-38-27)14-19(20)10-11-32(24)16-21(18)29(25)36-12-4-7-28(34)39-33-23-6-3-2-5-22(23)30-31-33/h2-3,5-6,8-9,13-16H,4,7,10-12,17H2,1H3/q+1. The third-order valence-electron chi connectivity index (χ3n) is 7.08. The van der Waals surface area contributed by atoms with Gasteiger partial charge in [-0.05, 0) is 59.0 Å². The fourth-order valence-corrected chi connectivity index (χ4v) is 5.15. The number of para-hydroxylation sites is 1. The van der Waals surface area contributed by atoms with E-state index in [2.05, 4.69) is 39.3 Å². The molecule has 2 aliphatic heterocycles. The van der Waals surface area contributed by atoms with Crippen LogP contribution in [0.2, 0.25) is 0 Å². The van der Waals surface area contributed by atoms with Gasteiger partial charge in [0.15, 0.2) is 35.7 Å². The predicted molar refractivity (Wildman–Crippen MR) is 140 cm³/mol. The van der Waals surface area contributed by atoms with Gasteiger partial charge in [-0.15, -0.1) is 5.10 Å². The van der Waals surface area contributed by atoms with Gasteiger partial charge in [-0.25, -0.2) is 4.79 Å². The highest BCUT2D eigenvalue weighted by Crippen LogP contribution is 2.41. The Balaban J connectivity index is 1.09. The molecule has 5 aromatic rings. The second-order valence-corrected chi connectivity index (χ2v) is 9.43. The van der Waals surface area contributed by atoms with E-state index >= 15 is 0 Å². The van der Waals surface area contributed by atoms with E-state index < -0.39 is 5.97 Å². The van der Waals surface area contributed by atoms with Crippen molar-refractivity contribution in [3.63, 3.8) is 0 Å². The molecule has 2 aliphatic rings. The van der Waals surface area contributed by atoms with Crippen LogP contribution in [0.5, 0.6) is 23.0 Å². The van der Waals surface area contributed by atoms with Crippen molar-refractivity contribution < 1.29 is 33.1 Å². The van der Waals surface area contributed by atoms with Gasteiger partial charge in [0.05, 0.1) is 31.1 Å². The van der Waals surface area contributed by atoms with Crippen molar-refractivity contribution in [1.29, 1.82) is 0 Å². The average molecular weight is 526 g/mol. The molecular weight excluding hydrogens is 500 g/mol. The molecule has 39 heavy (non-hydrogen) atoms. The minimum absolute atomic E-state index is 0.165. The molecule has 0 amide bonds. The van der Waals surface area contributed by atoms with E-state index in [1.54, 1.807) is 13.2 Å². The summed E-state index contributed by atoms with van der Waals surface area (Å²) in [6.07, 6.45) is 3.63. The molecule has 0 radical (unpaired) electrons. The zero-order valence-electron chi connectivity index (χ0n) is 21.3. The molecule has 0 unspecified atom stereocenters. The first kappa shape index (κ1) is 23.3. The van der Waals surface area contributed by atoms with Crippen LogP contribution in [-0.2, 0) is 17.8 Å². The number of methoxy groups -OCH3 is 1. The molecule has 0 bridgehead atoms. The lowest BCUT2D eigenvalue weighted by molar-refractivity contribution is -0.686. The maximum absolute atomic E-state index is 12.4. The summed E-state index contributed by atoms with van der Waals surface area (Å²) in [5.74, 6) is 2.46. The van der Waals surface area contributed by atoms with Crippen molar-refractivity contribution in [3.8, 4) is 34.3 Å². The summed E-state index contributed by atoms with van der Waals surface area (Å²) in [6.45, 7) is 1.40. The molecule has 196 valence electrons. The maximum atomic E-state index is 12.4. The molecule has 0 atom stereocenters. The number of rotatable bonds is 7. The largest absolute Gasteiger partial charge is 0.493 e. The van der Waals surface area contributed by atoms with Crippen molar-refractivity contribution in [2.45, 2.75) is 25.8 Å². The lowest BCUT2D eigenvalue weighted by atomic mass is 9.95. The van der Waals surface area contributed by atoms with Gasteiger partial charge in [-0.2, -0.15) is 4.57 Å². The first-order valence-corrected chi connectivity index (χ1v) is 12.8. The first-order valence-electron chi connectivity index (χ1n) is 12.8. The monoisotopic (exact) mass is 525 g/mol. The van der Waals surface area contributed by atoms with Crippen LogP contribution in [0.1, 0.15) is 18.4 Å². The lowest BCUT2D eigenvalue weighted by Gasteiger charge is -2.18. The number of hydrogen-bond donors (Lipinski definition) is 0. The Morgan fingerprint density at radius 2 is 1.97 bits per heavy atom. The van der Waals surface area contributed by atoms with E-state index in [0.29, 0.717) is 35.6 Å². The number of carbonyl (C=O) groups excluding carboxylic acids is 1. The molecule has 0 spiro atoms. The second-order valence-electron chi connectivity index (χ2n) is 9.43.